The molecule has 4 rings (SSSR count). The number of carbonyl (C=O) groups is 2. The van der Waals surface area contributed by atoms with Gasteiger partial charge >= 0.3 is 6.03 Å². The Morgan fingerprint density at radius 3 is 2.42 bits per heavy atom. The fourth-order valence-electron chi connectivity index (χ4n) is 5.37. The van der Waals surface area contributed by atoms with Crippen LogP contribution in [-0.4, -0.2) is 79.0 Å². The van der Waals surface area contributed by atoms with Crippen molar-refractivity contribution in [1.82, 2.24) is 20.0 Å². The van der Waals surface area contributed by atoms with Crippen molar-refractivity contribution in [1.29, 1.82) is 0 Å². The van der Waals surface area contributed by atoms with Crippen molar-refractivity contribution in [3.63, 3.8) is 0 Å². The van der Waals surface area contributed by atoms with E-state index in [4.69, 9.17) is 0 Å². The quantitative estimate of drug-likeness (QED) is 0.509. The molecular formula is C29H37FN4O2. The summed E-state index contributed by atoms with van der Waals surface area (Å²) in [6, 6.07) is 16.2. The molecule has 0 saturated carbocycles. The number of nitrogens with one attached hydrogen (secondary N) is 1. The van der Waals surface area contributed by atoms with Crippen molar-refractivity contribution in [2.75, 3.05) is 46.8 Å². The lowest BCUT2D eigenvalue weighted by atomic mass is 9.74. The largest absolute Gasteiger partial charge is 0.325 e. The molecule has 2 saturated heterocycles. The van der Waals surface area contributed by atoms with E-state index < -0.39 is 5.54 Å². The lowest BCUT2D eigenvalue weighted by molar-refractivity contribution is -0.134. The summed E-state index contributed by atoms with van der Waals surface area (Å²) in [5.41, 5.74) is 1.05. The molecule has 1 N–H and O–H groups in total. The summed E-state index contributed by atoms with van der Waals surface area (Å²) in [4.78, 5) is 32.7. The van der Waals surface area contributed by atoms with E-state index in [2.05, 4.69) is 34.5 Å². The first-order valence-electron chi connectivity index (χ1n) is 12.8. The van der Waals surface area contributed by atoms with Gasteiger partial charge in [0.1, 0.15) is 11.4 Å². The molecule has 2 aliphatic rings. The van der Waals surface area contributed by atoms with Gasteiger partial charge in [-0.3, -0.25) is 14.6 Å². The molecule has 0 unspecified atom stereocenters. The molecule has 2 aromatic rings. The third-order valence-corrected chi connectivity index (χ3v) is 7.34. The van der Waals surface area contributed by atoms with E-state index in [1.807, 2.05) is 37.2 Å². The number of amides is 3. The monoisotopic (exact) mass is 492 g/mol. The number of nitrogens with zero attached hydrogens (tertiary/aromatic N) is 3. The number of benzene rings is 2. The van der Waals surface area contributed by atoms with Gasteiger partial charge in [-0.1, -0.05) is 54.6 Å². The Morgan fingerprint density at radius 2 is 1.75 bits per heavy atom. The van der Waals surface area contributed by atoms with Crippen molar-refractivity contribution in [3.8, 4) is 0 Å². The molecule has 0 aromatic heterocycles. The van der Waals surface area contributed by atoms with Crippen LogP contribution >= 0.6 is 0 Å². The summed E-state index contributed by atoms with van der Waals surface area (Å²) in [7, 11) is 3.96. The minimum absolute atomic E-state index is 0.0206. The third-order valence-electron chi connectivity index (χ3n) is 7.34. The zero-order chi connectivity index (χ0) is 25.5. The zero-order valence-corrected chi connectivity index (χ0v) is 21.3. The van der Waals surface area contributed by atoms with Crippen LogP contribution in [0.15, 0.2) is 60.7 Å². The van der Waals surface area contributed by atoms with Crippen molar-refractivity contribution in [2.45, 2.75) is 31.2 Å². The molecule has 1 atom stereocenters. The summed E-state index contributed by atoms with van der Waals surface area (Å²) in [5.74, 6) is -0.429. The van der Waals surface area contributed by atoms with Crippen LogP contribution in [0.25, 0.3) is 6.08 Å². The highest BCUT2D eigenvalue weighted by atomic mass is 19.1. The minimum Gasteiger partial charge on any atom is -0.322 e. The maximum Gasteiger partial charge on any atom is 0.325 e. The fourth-order valence-corrected chi connectivity index (χ4v) is 5.37. The van der Waals surface area contributed by atoms with Crippen LogP contribution in [0.2, 0.25) is 0 Å². The Hall–Kier alpha value is -3.03. The van der Waals surface area contributed by atoms with Gasteiger partial charge in [-0.05, 0) is 82.2 Å². The van der Waals surface area contributed by atoms with E-state index in [1.54, 1.807) is 12.1 Å². The van der Waals surface area contributed by atoms with Gasteiger partial charge in [-0.25, -0.2) is 9.18 Å². The summed E-state index contributed by atoms with van der Waals surface area (Å²) < 4.78 is 13.5. The van der Waals surface area contributed by atoms with Crippen LogP contribution < -0.4 is 5.32 Å². The number of halogens is 1. The summed E-state index contributed by atoms with van der Waals surface area (Å²) >= 11 is 0. The smallest absolute Gasteiger partial charge is 0.322 e. The highest BCUT2D eigenvalue weighted by molar-refractivity contribution is 6.07. The molecule has 2 heterocycles. The molecular weight excluding hydrogens is 455 g/mol. The highest BCUT2D eigenvalue weighted by Crippen LogP contribution is 2.36. The third kappa shape index (κ3) is 6.20. The second kappa shape index (κ2) is 11.8. The summed E-state index contributed by atoms with van der Waals surface area (Å²) in [6.45, 7) is 3.77. The first-order chi connectivity index (χ1) is 17.4. The number of rotatable bonds is 10. The number of imide groups is 1. The molecule has 2 aliphatic heterocycles. The second-order valence-corrected chi connectivity index (χ2v) is 10.2. The predicted octanol–water partition coefficient (Wildman–Crippen LogP) is 4.04. The van der Waals surface area contributed by atoms with E-state index in [0.717, 1.165) is 51.0 Å². The van der Waals surface area contributed by atoms with E-state index in [0.29, 0.717) is 13.0 Å². The predicted molar refractivity (Wildman–Crippen MR) is 141 cm³/mol. The summed E-state index contributed by atoms with van der Waals surface area (Å²) in [6.07, 6.45) is 7.05. The molecule has 2 aromatic carbocycles. The zero-order valence-electron chi connectivity index (χ0n) is 21.3. The van der Waals surface area contributed by atoms with E-state index in [9.17, 15) is 14.0 Å². The molecule has 0 aliphatic carbocycles. The lowest BCUT2D eigenvalue weighted by Gasteiger charge is -2.41. The van der Waals surface area contributed by atoms with Gasteiger partial charge in [0.15, 0.2) is 0 Å². The normalized spacial score (nSPS) is 21.6. The van der Waals surface area contributed by atoms with Gasteiger partial charge in [0, 0.05) is 19.5 Å². The molecule has 0 spiro atoms. The van der Waals surface area contributed by atoms with Crippen LogP contribution in [0.3, 0.4) is 0 Å². The van der Waals surface area contributed by atoms with Gasteiger partial charge < -0.3 is 10.2 Å². The van der Waals surface area contributed by atoms with Gasteiger partial charge in [-0.15, -0.1) is 0 Å². The first kappa shape index (κ1) is 26.0. The van der Waals surface area contributed by atoms with Crippen molar-refractivity contribution in [2.24, 2.45) is 5.92 Å². The Kier molecular flexibility index (Phi) is 8.54. The maximum atomic E-state index is 13.8. The van der Waals surface area contributed by atoms with Crippen molar-refractivity contribution in [3.05, 3.63) is 77.6 Å². The van der Waals surface area contributed by atoms with E-state index >= 15 is 0 Å². The molecule has 6 nitrogen and oxygen atoms in total. The number of likely N-dealkylation sites (tertiary alicyclic amines) is 1. The number of hydrogen-bond acceptors (Lipinski definition) is 4. The first-order valence-corrected chi connectivity index (χ1v) is 12.8. The minimum atomic E-state index is -0.987. The van der Waals surface area contributed by atoms with Gasteiger partial charge in [0.2, 0.25) is 0 Å². The van der Waals surface area contributed by atoms with E-state index in [-0.39, 0.29) is 23.7 Å². The molecule has 2 fully saturated rings. The molecule has 0 radical (unpaired) electrons. The molecule has 0 bridgehead atoms. The summed E-state index contributed by atoms with van der Waals surface area (Å²) in [5, 5.41) is 3.12. The highest BCUT2D eigenvalue weighted by Gasteiger charge is 2.55. The average molecular weight is 493 g/mol. The van der Waals surface area contributed by atoms with Crippen molar-refractivity contribution < 1.29 is 14.0 Å². The van der Waals surface area contributed by atoms with Crippen LogP contribution in [-0.2, 0) is 11.2 Å². The second-order valence-electron chi connectivity index (χ2n) is 10.2. The Bertz CT molecular complexity index is 1050. The topological polar surface area (TPSA) is 55.9 Å². The molecule has 36 heavy (non-hydrogen) atoms. The number of piperidine rings is 1. The molecule has 7 heteroatoms. The van der Waals surface area contributed by atoms with Gasteiger partial charge in [0.05, 0.1) is 0 Å². The Labute approximate surface area is 213 Å². The van der Waals surface area contributed by atoms with Crippen LogP contribution in [0, 0.1) is 11.7 Å². The lowest BCUT2D eigenvalue weighted by Crippen LogP contribution is -2.57. The Balaban J connectivity index is 1.46. The number of hydrogen-bond donors (Lipinski definition) is 1. The molecule has 192 valence electrons. The van der Waals surface area contributed by atoms with E-state index in [1.165, 1.54) is 22.6 Å². The van der Waals surface area contributed by atoms with Crippen LogP contribution in [0.1, 0.15) is 30.4 Å². The standard InChI is InChI=1S/C29H37FN4O2/c1-32(2)17-7-19-34-27(35)29(31-28(34)36,22-24-11-13-26(30)14-12-24)25-15-20-33(21-16-25)18-6-10-23-8-4-3-5-9-23/h3-6,8-14,25H,7,15-22H2,1-2H3,(H,31,36)/b10-6+/t29-/m1/s1. The number of urea groups is 1. The van der Waals surface area contributed by atoms with Gasteiger partial charge in [-0.2, -0.15) is 0 Å². The average Bonchev–Trinajstić information content (AvgIpc) is 3.11. The fraction of sp³-hybridized carbons (Fsp3) is 0.448. The SMILES string of the molecule is CN(C)CCCN1C(=O)N[C@](Cc2ccc(F)cc2)(C2CCN(C/C=C/c3ccccc3)CC2)C1=O. The van der Waals surface area contributed by atoms with Gasteiger partial charge in [0.25, 0.3) is 5.91 Å². The van der Waals surface area contributed by atoms with Crippen molar-refractivity contribution >= 4 is 18.0 Å². The Morgan fingerprint density at radius 1 is 1.06 bits per heavy atom. The van der Waals surface area contributed by atoms with Crippen LogP contribution in [0.5, 0.6) is 0 Å². The number of carbonyl (C=O) groups excluding carboxylic acids is 2. The molecule has 3 amide bonds. The van der Waals surface area contributed by atoms with Crippen LogP contribution in [0.4, 0.5) is 9.18 Å². The maximum absolute atomic E-state index is 13.8.